The molecular formula is C17H29N. The quantitative estimate of drug-likeness (QED) is 0.595. The lowest BCUT2D eigenvalue weighted by Gasteiger charge is -2.39. The van der Waals surface area contributed by atoms with Crippen LogP contribution in [-0.4, -0.2) is 12.1 Å². The minimum Gasteiger partial charge on any atom is -0.362 e. The molecule has 1 aromatic carbocycles. The van der Waals surface area contributed by atoms with Gasteiger partial charge in [0.15, 0.2) is 0 Å². The van der Waals surface area contributed by atoms with Crippen molar-refractivity contribution in [1.82, 2.24) is 0 Å². The monoisotopic (exact) mass is 247 g/mol. The molecule has 1 aliphatic rings. The molecule has 1 nitrogen and oxygen atoms in total. The molecule has 0 atom stereocenters. The Morgan fingerprint density at radius 1 is 0.944 bits per heavy atom. The second-order valence-corrected chi connectivity index (χ2v) is 4.74. The van der Waals surface area contributed by atoms with Crippen molar-refractivity contribution in [3.05, 3.63) is 35.9 Å². The normalized spacial score (nSPS) is 12.7. The Morgan fingerprint density at radius 3 is 2.06 bits per heavy atom. The lowest BCUT2D eigenvalue weighted by Crippen LogP contribution is -2.42. The number of fused-ring (bicyclic) bond motifs is 1. The SMILES string of the molecule is CC.CC.CC(C)(C)N1CC=Cc2ccccc21. The second kappa shape index (κ2) is 7.97. The van der Waals surface area contributed by atoms with E-state index in [0.29, 0.717) is 0 Å². The molecule has 0 amide bonds. The van der Waals surface area contributed by atoms with Gasteiger partial charge in [0.25, 0.3) is 0 Å². The standard InChI is InChI=1S/C13H17N.2C2H6/c1-13(2,3)14-10-6-8-11-7-4-5-9-12(11)14;2*1-2/h4-9H,10H2,1-3H3;2*1-2H3. The van der Waals surface area contributed by atoms with Crippen LogP contribution in [0.2, 0.25) is 0 Å². The van der Waals surface area contributed by atoms with E-state index in [-0.39, 0.29) is 5.54 Å². The zero-order chi connectivity index (χ0) is 14.2. The summed E-state index contributed by atoms with van der Waals surface area (Å²) in [6.45, 7) is 15.8. The van der Waals surface area contributed by atoms with Crippen LogP contribution in [0.15, 0.2) is 30.3 Å². The Balaban J connectivity index is 0.000000659. The number of hydrogen-bond donors (Lipinski definition) is 0. The summed E-state index contributed by atoms with van der Waals surface area (Å²) in [5.74, 6) is 0. The fraction of sp³-hybridized carbons (Fsp3) is 0.529. The van der Waals surface area contributed by atoms with Crippen LogP contribution in [-0.2, 0) is 0 Å². The van der Waals surface area contributed by atoms with Gasteiger partial charge in [0.1, 0.15) is 0 Å². The first-order valence-corrected chi connectivity index (χ1v) is 7.12. The van der Waals surface area contributed by atoms with Gasteiger partial charge in [-0.05, 0) is 32.4 Å². The van der Waals surface area contributed by atoms with Gasteiger partial charge in [-0.2, -0.15) is 0 Å². The van der Waals surface area contributed by atoms with Crippen molar-refractivity contribution in [3.63, 3.8) is 0 Å². The number of anilines is 1. The van der Waals surface area contributed by atoms with E-state index in [1.807, 2.05) is 27.7 Å². The van der Waals surface area contributed by atoms with Crippen LogP contribution in [0.3, 0.4) is 0 Å². The third-order valence-electron chi connectivity index (χ3n) is 2.62. The third-order valence-corrected chi connectivity index (χ3v) is 2.62. The molecule has 0 saturated carbocycles. The maximum atomic E-state index is 2.43. The lowest BCUT2D eigenvalue weighted by molar-refractivity contribution is 0.521. The van der Waals surface area contributed by atoms with Crippen LogP contribution in [0, 0.1) is 0 Å². The number of hydrogen-bond acceptors (Lipinski definition) is 1. The molecule has 0 aromatic heterocycles. The van der Waals surface area contributed by atoms with Gasteiger partial charge < -0.3 is 4.90 Å². The summed E-state index contributed by atoms with van der Waals surface area (Å²) in [6.07, 6.45) is 4.44. The number of para-hydroxylation sites is 1. The van der Waals surface area contributed by atoms with E-state index in [4.69, 9.17) is 0 Å². The first-order valence-electron chi connectivity index (χ1n) is 7.12. The summed E-state index contributed by atoms with van der Waals surface area (Å²) in [5.41, 5.74) is 2.87. The Morgan fingerprint density at radius 2 is 1.50 bits per heavy atom. The van der Waals surface area contributed by atoms with Gasteiger partial charge >= 0.3 is 0 Å². The predicted molar refractivity (Wildman–Crippen MR) is 85.3 cm³/mol. The minimum atomic E-state index is 0.195. The zero-order valence-electron chi connectivity index (χ0n) is 13.1. The summed E-state index contributed by atoms with van der Waals surface area (Å²) in [4.78, 5) is 2.43. The number of benzene rings is 1. The van der Waals surface area contributed by atoms with Crippen molar-refractivity contribution in [3.8, 4) is 0 Å². The largest absolute Gasteiger partial charge is 0.362 e. The van der Waals surface area contributed by atoms with E-state index in [1.54, 1.807) is 0 Å². The molecule has 0 N–H and O–H groups in total. The van der Waals surface area contributed by atoms with E-state index in [2.05, 4.69) is 62.1 Å². The molecule has 0 unspecified atom stereocenters. The van der Waals surface area contributed by atoms with Gasteiger partial charge in [-0.15, -0.1) is 0 Å². The minimum absolute atomic E-state index is 0.195. The molecule has 0 spiro atoms. The highest BCUT2D eigenvalue weighted by Crippen LogP contribution is 2.30. The maximum absolute atomic E-state index is 2.43. The van der Waals surface area contributed by atoms with Crippen LogP contribution in [0.5, 0.6) is 0 Å². The second-order valence-electron chi connectivity index (χ2n) is 4.74. The molecule has 0 aliphatic carbocycles. The van der Waals surface area contributed by atoms with Crippen molar-refractivity contribution in [2.45, 2.75) is 54.0 Å². The molecule has 18 heavy (non-hydrogen) atoms. The van der Waals surface area contributed by atoms with E-state index in [0.717, 1.165) is 6.54 Å². The smallest absolute Gasteiger partial charge is 0.0446 e. The Bertz CT molecular complexity index is 358. The van der Waals surface area contributed by atoms with Crippen LogP contribution in [0.25, 0.3) is 6.08 Å². The molecule has 1 heteroatoms. The highest BCUT2D eigenvalue weighted by Gasteiger charge is 2.23. The van der Waals surface area contributed by atoms with Gasteiger partial charge in [-0.3, -0.25) is 0 Å². The van der Waals surface area contributed by atoms with Gasteiger partial charge in [-0.1, -0.05) is 58.0 Å². The van der Waals surface area contributed by atoms with Crippen molar-refractivity contribution >= 4 is 11.8 Å². The molecule has 1 aromatic rings. The average molecular weight is 247 g/mol. The molecule has 1 aliphatic heterocycles. The predicted octanol–water partition coefficient (Wildman–Crippen LogP) is 5.37. The van der Waals surface area contributed by atoms with Crippen molar-refractivity contribution in [2.75, 3.05) is 11.4 Å². The molecule has 0 fully saturated rings. The van der Waals surface area contributed by atoms with E-state index in [9.17, 15) is 0 Å². The van der Waals surface area contributed by atoms with Gasteiger partial charge in [-0.25, -0.2) is 0 Å². The lowest BCUT2D eigenvalue weighted by atomic mass is 9.99. The maximum Gasteiger partial charge on any atom is 0.0446 e. The van der Waals surface area contributed by atoms with Crippen molar-refractivity contribution in [1.29, 1.82) is 0 Å². The Hall–Kier alpha value is -1.24. The van der Waals surface area contributed by atoms with Crippen molar-refractivity contribution in [2.24, 2.45) is 0 Å². The van der Waals surface area contributed by atoms with Crippen LogP contribution < -0.4 is 4.90 Å². The molecule has 1 heterocycles. The van der Waals surface area contributed by atoms with E-state index < -0.39 is 0 Å². The highest BCUT2D eigenvalue weighted by atomic mass is 15.2. The summed E-state index contributed by atoms with van der Waals surface area (Å²) in [5, 5.41) is 0. The van der Waals surface area contributed by atoms with E-state index in [1.165, 1.54) is 11.3 Å². The van der Waals surface area contributed by atoms with Gasteiger partial charge in [0.05, 0.1) is 0 Å². The fourth-order valence-electron chi connectivity index (χ4n) is 1.89. The summed E-state index contributed by atoms with van der Waals surface area (Å²) < 4.78 is 0. The zero-order valence-corrected chi connectivity index (χ0v) is 13.1. The highest BCUT2D eigenvalue weighted by molar-refractivity contribution is 5.71. The van der Waals surface area contributed by atoms with E-state index >= 15 is 0 Å². The molecule has 2 rings (SSSR count). The average Bonchev–Trinajstić information content (AvgIpc) is 2.41. The molecule has 0 saturated heterocycles. The first kappa shape index (κ1) is 16.8. The molecule has 102 valence electrons. The summed E-state index contributed by atoms with van der Waals surface area (Å²) in [6, 6.07) is 8.57. The molecule has 0 radical (unpaired) electrons. The fourth-order valence-corrected chi connectivity index (χ4v) is 1.89. The Kier molecular flexibility index (Phi) is 7.42. The first-order chi connectivity index (χ1) is 8.59. The molecular weight excluding hydrogens is 218 g/mol. The topological polar surface area (TPSA) is 3.24 Å². The molecule has 0 bridgehead atoms. The van der Waals surface area contributed by atoms with Gasteiger partial charge in [0.2, 0.25) is 0 Å². The van der Waals surface area contributed by atoms with Crippen molar-refractivity contribution < 1.29 is 0 Å². The van der Waals surface area contributed by atoms with Crippen LogP contribution >= 0.6 is 0 Å². The van der Waals surface area contributed by atoms with Crippen LogP contribution in [0.1, 0.15) is 54.0 Å². The number of nitrogens with zero attached hydrogens (tertiary/aromatic N) is 1. The third kappa shape index (κ3) is 4.21. The van der Waals surface area contributed by atoms with Gasteiger partial charge in [0, 0.05) is 17.8 Å². The summed E-state index contributed by atoms with van der Waals surface area (Å²) in [7, 11) is 0. The van der Waals surface area contributed by atoms with Crippen LogP contribution in [0.4, 0.5) is 5.69 Å². The Labute approximate surface area is 114 Å². The number of rotatable bonds is 0. The summed E-state index contributed by atoms with van der Waals surface area (Å²) >= 11 is 0.